The molecule has 110 valence electrons. The van der Waals surface area contributed by atoms with Gasteiger partial charge in [0.15, 0.2) is 0 Å². The molecular formula is C14H27N3O2. The Balaban J connectivity index is 2.09. The minimum atomic E-state index is 0.703. The fraction of sp³-hybridized carbons (Fsp3) is 0.786. The van der Waals surface area contributed by atoms with Crippen molar-refractivity contribution >= 4 is 0 Å². The van der Waals surface area contributed by atoms with Crippen molar-refractivity contribution in [3.63, 3.8) is 0 Å². The van der Waals surface area contributed by atoms with Gasteiger partial charge in [-0.2, -0.15) is 5.10 Å². The zero-order chi connectivity index (χ0) is 13.9. The predicted molar refractivity (Wildman–Crippen MR) is 76.1 cm³/mol. The first-order valence-corrected chi connectivity index (χ1v) is 7.02. The third kappa shape index (κ3) is 7.97. The molecule has 1 heterocycles. The number of hydrogen-bond acceptors (Lipinski definition) is 4. The summed E-state index contributed by atoms with van der Waals surface area (Å²) in [5.74, 6) is 0.703. The first-order valence-electron chi connectivity index (χ1n) is 7.02. The highest BCUT2D eigenvalue weighted by molar-refractivity contribution is 4.98. The van der Waals surface area contributed by atoms with Gasteiger partial charge in [0.1, 0.15) is 0 Å². The summed E-state index contributed by atoms with van der Waals surface area (Å²) in [7, 11) is 1.70. The largest absolute Gasteiger partial charge is 0.383 e. The predicted octanol–water partition coefficient (Wildman–Crippen LogP) is 1.68. The smallest absolute Gasteiger partial charge is 0.0762 e. The average Bonchev–Trinajstić information content (AvgIpc) is 2.82. The van der Waals surface area contributed by atoms with Gasteiger partial charge in [-0.05, 0) is 18.4 Å². The van der Waals surface area contributed by atoms with Crippen LogP contribution in [0.25, 0.3) is 0 Å². The molecule has 0 aliphatic carbocycles. The fourth-order valence-electron chi connectivity index (χ4n) is 1.59. The lowest BCUT2D eigenvalue weighted by Gasteiger charge is -2.06. The van der Waals surface area contributed by atoms with Crippen LogP contribution in [-0.2, 0) is 22.6 Å². The highest BCUT2D eigenvalue weighted by atomic mass is 16.5. The normalized spacial score (nSPS) is 11.4. The summed E-state index contributed by atoms with van der Waals surface area (Å²) in [5.41, 5.74) is 1.05. The molecule has 1 N–H and O–H groups in total. The standard InChI is InChI=1S/C14H27N3O2/c1-13(2)5-9-19-11-8-17-7-4-14(16-17)12-15-6-10-18-3/h4,7,13,15H,5-6,8-12H2,1-3H3. The van der Waals surface area contributed by atoms with E-state index in [1.807, 2.05) is 16.9 Å². The van der Waals surface area contributed by atoms with E-state index in [9.17, 15) is 0 Å². The first kappa shape index (κ1) is 16.1. The summed E-state index contributed by atoms with van der Waals surface area (Å²) in [6, 6.07) is 2.04. The van der Waals surface area contributed by atoms with Crippen LogP contribution in [0.3, 0.4) is 0 Å². The first-order chi connectivity index (χ1) is 9.22. The third-order valence-electron chi connectivity index (χ3n) is 2.79. The van der Waals surface area contributed by atoms with Crippen molar-refractivity contribution < 1.29 is 9.47 Å². The second-order valence-electron chi connectivity index (χ2n) is 5.03. The van der Waals surface area contributed by atoms with Gasteiger partial charge in [-0.3, -0.25) is 4.68 Å². The van der Waals surface area contributed by atoms with Gasteiger partial charge in [-0.15, -0.1) is 0 Å². The van der Waals surface area contributed by atoms with Crippen LogP contribution in [0.2, 0.25) is 0 Å². The number of aromatic nitrogens is 2. The van der Waals surface area contributed by atoms with Crippen LogP contribution in [0.5, 0.6) is 0 Å². The van der Waals surface area contributed by atoms with Crippen LogP contribution in [0, 0.1) is 5.92 Å². The van der Waals surface area contributed by atoms with Gasteiger partial charge in [-0.25, -0.2) is 0 Å². The second kappa shape index (κ2) is 9.95. The van der Waals surface area contributed by atoms with E-state index in [2.05, 4.69) is 24.3 Å². The Labute approximate surface area is 116 Å². The summed E-state index contributed by atoms with van der Waals surface area (Å²) in [4.78, 5) is 0. The zero-order valence-corrected chi connectivity index (χ0v) is 12.4. The quantitative estimate of drug-likeness (QED) is 0.621. The molecule has 0 saturated carbocycles. The number of methoxy groups -OCH3 is 1. The minimum Gasteiger partial charge on any atom is -0.383 e. The number of hydrogen-bond donors (Lipinski definition) is 1. The maximum absolute atomic E-state index is 5.58. The lowest BCUT2D eigenvalue weighted by atomic mass is 10.1. The lowest BCUT2D eigenvalue weighted by molar-refractivity contribution is 0.114. The number of nitrogens with zero attached hydrogens (tertiary/aromatic N) is 2. The van der Waals surface area contributed by atoms with E-state index in [-0.39, 0.29) is 0 Å². The van der Waals surface area contributed by atoms with Gasteiger partial charge < -0.3 is 14.8 Å². The highest BCUT2D eigenvalue weighted by Gasteiger charge is 1.99. The van der Waals surface area contributed by atoms with E-state index >= 15 is 0 Å². The highest BCUT2D eigenvalue weighted by Crippen LogP contribution is 1.99. The topological polar surface area (TPSA) is 48.3 Å². The van der Waals surface area contributed by atoms with E-state index in [1.165, 1.54) is 0 Å². The molecule has 19 heavy (non-hydrogen) atoms. The van der Waals surface area contributed by atoms with Crippen LogP contribution < -0.4 is 5.32 Å². The Bertz CT molecular complexity index is 326. The Morgan fingerprint density at radius 1 is 1.32 bits per heavy atom. The number of rotatable bonds is 11. The van der Waals surface area contributed by atoms with E-state index in [1.54, 1.807) is 7.11 Å². The monoisotopic (exact) mass is 269 g/mol. The maximum Gasteiger partial charge on any atom is 0.0762 e. The number of nitrogens with one attached hydrogen (secondary N) is 1. The van der Waals surface area contributed by atoms with Crippen LogP contribution in [0.1, 0.15) is 26.0 Å². The molecule has 1 aromatic heterocycles. The molecule has 0 radical (unpaired) electrons. The molecule has 0 fully saturated rings. The van der Waals surface area contributed by atoms with E-state index < -0.39 is 0 Å². The van der Waals surface area contributed by atoms with Crippen molar-refractivity contribution in [3.8, 4) is 0 Å². The molecule has 1 rings (SSSR count). The lowest BCUT2D eigenvalue weighted by Crippen LogP contribution is -2.19. The molecule has 0 aliphatic rings. The molecule has 1 aromatic rings. The molecule has 0 spiro atoms. The average molecular weight is 269 g/mol. The van der Waals surface area contributed by atoms with Crippen molar-refractivity contribution in [3.05, 3.63) is 18.0 Å². The summed E-state index contributed by atoms with van der Waals surface area (Å²) < 4.78 is 12.5. The molecule has 0 aromatic carbocycles. The van der Waals surface area contributed by atoms with Gasteiger partial charge in [-0.1, -0.05) is 13.8 Å². The zero-order valence-electron chi connectivity index (χ0n) is 12.4. The molecular weight excluding hydrogens is 242 g/mol. The van der Waals surface area contributed by atoms with Gasteiger partial charge in [0.05, 0.1) is 25.5 Å². The maximum atomic E-state index is 5.58. The molecule has 0 unspecified atom stereocenters. The van der Waals surface area contributed by atoms with Crippen molar-refractivity contribution in [2.45, 2.75) is 33.4 Å². The Morgan fingerprint density at radius 3 is 2.89 bits per heavy atom. The van der Waals surface area contributed by atoms with Crippen molar-refractivity contribution in [1.29, 1.82) is 0 Å². The van der Waals surface area contributed by atoms with Gasteiger partial charge in [0, 0.05) is 33.0 Å². The molecule has 0 bridgehead atoms. The third-order valence-corrected chi connectivity index (χ3v) is 2.79. The summed E-state index contributed by atoms with van der Waals surface area (Å²) >= 11 is 0. The van der Waals surface area contributed by atoms with Crippen molar-refractivity contribution in [1.82, 2.24) is 15.1 Å². The molecule has 0 saturated heterocycles. The second-order valence-corrected chi connectivity index (χ2v) is 5.03. The van der Waals surface area contributed by atoms with Gasteiger partial charge in [0.2, 0.25) is 0 Å². The molecule has 0 atom stereocenters. The summed E-state index contributed by atoms with van der Waals surface area (Å²) in [5, 5.41) is 7.75. The molecule has 0 aliphatic heterocycles. The SMILES string of the molecule is COCCNCc1ccn(CCOCCC(C)C)n1. The van der Waals surface area contributed by atoms with E-state index in [0.717, 1.165) is 51.6 Å². The van der Waals surface area contributed by atoms with Crippen LogP contribution >= 0.6 is 0 Å². The summed E-state index contributed by atoms with van der Waals surface area (Å²) in [6.07, 6.45) is 3.12. The van der Waals surface area contributed by atoms with Crippen LogP contribution in [0.4, 0.5) is 0 Å². The minimum absolute atomic E-state index is 0.703. The van der Waals surface area contributed by atoms with E-state index in [4.69, 9.17) is 9.47 Å². The van der Waals surface area contributed by atoms with Crippen LogP contribution in [0.15, 0.2) is 12.3 Å². The number of ether oxygens (including phenoxy) is 2. The Kier molecular flexibility index (Phi) is 8.45. The Hall–Kier alpha value is -0.910. The van der Waals surface area contributed by atoms with Crippen LogP contribution in [-0.4, -0.2) is 43.3 Å². The van der Waals surface area contributed by atoms with Crippen molar-refractivity contribution in [2.24, 2.45) is 5.92 Å². The van der Waals surface area contributed by atoms with E-state index in [0.29, 0.717) is 5.92 Å². The molecule has 5 nitrogen and oxygen atoms in total. The molecule has 5 heteroatoms. The summed E-state index contributed by atoms with van der Waals surface area (Å²) in [6.45, 7) is 9.15. The fourth-order valence-corrected chi connectivity index (χ4v) is 1.59. The Morgan fingerprint density at radius 2 is 2.16 bits per heavy atom. The van der Waals surface area contributed by atoms with Gasteiger partial charge >= 0.3 is 0 Å². The molecule has 0 amide bonds. The van der Waals surface area contributed by atoms with Gasteiger partial charge in [0.25, 0.3) is 0 Å². The van der Waals surface area contributed by atoms with Crippen molar-refractivity contribution in [2.75, 3.05) is 33.5 Å².